The Morgan fingerprint density at radius 1 is 0.943 bits per heavy atom. The zero-order valence-electron chi connectivity index (χ0n) is 19.0. The van der Waals surface area contributed by atoms with E-state index < -0.39 is 31.8 Å². The molecule has 0 radical (unpaired) electrons. The van der Waals surface area contributed by atoms with Crippen LogP contribution in [-0.4, -0.2) is 45.5 Å². The third-order valence-electron chi connectivity index (χ3n) is 5.11. The van der Waals surface area contributed by atoms with E-state index in [0.29, 0.717) is 0 Å². The van der Waals surface area contributed by atoms with Crippen molar-refractivity contribution in [2.75, 3.05) is 12.8 Å². The van der Waals surface area contributed by atoms with Gasteiger partial charge in [-0.1, -0.05) is 60.7 Å². The number of benzene rings is 2. The number of ether oxygens (including phenoxy) is 1. The molecule has 3 rings (SSSR count). The Bertz CT molecular complexity index is 1140. The van der Waals surface area contributed by atoms with Crippen LogP contribution in [0.4, 0.5) is 0 Å². The molecule has 0 spiro atoms. The summed E-state index contributed by atoms with van der Waals surface area (Å²) in [6, 6.07) is 20.1. The lowest BCUT2D eigenvalue weighted by molar-refractivity contribution is -0.144. The maximum Gasteiger partial charge on any atom is 0.339 e. The summed E-state index contributed by atoms with van der Waals surface area (Å²) in [5.74, 6) is -0.948. The molecular formula is C25H28N3O6P. The van der Waals surface area contributed by atoms with Crippen molar-refractivity contribution < 1.29 is 28.7 Å². The van der Waals surface area contributed by atoms with Crippen LogP contribution < -0.4 is 10.6 Å². The molecular weight excluding hydrogens is 469 g/mol. The van der Waals surface area contributed by atoms with E-state index in [1.165, 1.54) is 0 Å². The highest BCUT2D eigenvalue weighted by Crippen LogP contribution is 2.32. The van der Waals surface area contributed by atoms with Crippen LogP contribution >= 0.6 is 7.60 Å². The van der Waals surface area contributed by atoms with E-state index in [2.05, 4.69) is 15.6 Å². The lowest BCUT2D eigenvalue weighted by Crippen LogP contribution is -2.46. The number of pyridine rings is 1. The highest BCUT2D eigenvalue weighted by Gasteiger charge is 2.23. The molecule has 1 aromatic heterocycles. The first-order valence-corrected chi connectivity index (χ1v) is 12.8. The van der Waals surface area contributed by atoms with Crippen LogP contribution in [0, 0.1) is 0 Å². The smallest absolute Gasteiger partial charge is 0.339 e. The van der Waals surface area contributed by atoms with Crippen molar-refractivity contribution in [2.45, 2.75) is 25.5 Å². The quantitative estimate of drug-likeness (QED) is 0.221. The minimum Gasteiger partial charge on any atom is -0.461 e. The second-order valence-electron chi connectivity index (χ2n) is 7.91. The summed E-state index contributed by atoms with van der Waals surface area (Å²) in [5, 5.41) is 5.28. The summed E-state index contributed by atoms with van der Waals surface area (Å²) >= 11 is 0. The zero-order chi connectivity index (χ0) is 25.1. The monoisotopic (exact) mass is 497 g/mol. The molecule has 3 aromatic rings. The zero-order valence-corrected chi connectivity index (χ0v) is 19.9. The Labute approximate surface area is 203 Å². The molecule has 1 unspecified atom stereocenters. The summed E-state index contributed by atoms with van der Waals surface area (Å²) < 4.78 is 16.5. The lowest BCUT2D eigenvalue weighted by atomic mass is 10.0. The molecule has 10 heteroatoms. The Morgan fingerprint density at radius 3 is 2.31 bits per heavy atom. The van der Waals surface area contributed by atoms with Gasteiger partial charge in [-0.25, -0.2) is 0 Å². The molecule has 9 nitrogen and oxygen atoms in total. The summed E-state index contributed by atoms with van der Waals surface area (Å²) in [6.07, 6.45) is 2.75. The van der Waals surface area contributed by atoms with Crippen molar-refractivity contribution in [3.05, 3.63) is 90.3 Å². The average Bonchev–Trinajstić information content (AvgIpc) is 2.86. The highest BCUT2D eigenvalue weighted by molar-refractivity contribution is 7.51. The first-order chi connectivity index (χ1) is 16.8. The van der Waals surface area contributed by atoms with Gasteiger partial charge in [-0.3, -0.25) is 24.5 Å². The van der Waals surface area contributed by atoms with Gasteiger partial charge in [0.15, 0.2) is 0 Å². The van der Waals surface area contributed by atoms with Gasteiger partial charge in [0, 0.05) is 24.5 Å². The Hall–Kier alpha value is -3.36. The van der Waals surface area contributed by atoms with Gasteiger partial charge in [0.2, 0.25) is 5.91 Å². The van der Waals surface area contributed by atoms with Crippen molar-refractivity contribution in [3.8, 4) is 11.1 Å². The maximum atomic E-state index is 12.7. The largest absolute Gasteiger partial charge is 0.461 e. The molecule has 0 saturated carbocycles. The first-order valence-electron chi connectivity index (χ1n) is 11.0. The molecule has 1 atom stereocenters. The van der Waals surface area contributed by atoms with E-state index in [9.17, 15) is 23.9 Å². The Balaban J connectivity index is 1.54. The summed E-state index contributed by atoms with van der Waals surface area (Å²) in [6.45, 7) is 0.123. The Kier molecular flexibility index (Phi) is 9.69. The first kappa shape index (κ1) is 26.2. The van der Waals surface area contributed by atoms with Crippen LogP contribution in [0.1, 0.15) is 17.5 Å². The standard InChI is InChI=1S/C25H28N3O6P/c29-24(34-17-20-5-4-13-26-16-20)12-14-27-25(30)23(28-18-35(31,32)33)15-19-8-10-22(11-9-19)21-6-2-1-3-7-21/h1-11,13,16,23,28H,12,14-15,17-18H2,(H,27,30)(H2,31,32,33). The summed E-state index contributed by atoms with van der Waals surface area (Å²) in [7, 11) is -4.36. The van der Waals surface area contributed by atoms with Gasteiger partial charge in [-0.15, -0.1) is 0 Å². The molecule has 0 saturated heterocycles. The second kappa shape index (κ2) is 12.9. The van der Waals surface area contributed by atoms with Crippen molar-refractivity contribution in [2.24, 2.45) is 0 Å². The Morgan fingerprint density at radius 2 is 1.66 bits per heavy atom. The lowest BCUT2D eigenvalue weighted by Gasteiger charge is -2.19. The molecule has 0 aliphatic rings. The number of rotatable bonds is 12. The van der Waals surface area contributed by atoms with Gasteiger partial charge in [0.1, 0.15) is 6.61 Å². The fourth-order valence-electron chi connectivity index (χ4n) is 3.32. The fourth-order valence-corrected chi connectivity index (χ4v) is 3.77. The normalized spacial score (nSPS) is 12.1. The number of nitrogens with one attached hydrogen (secondary N) is 2. The molecule has 1 amide bonds. The van der Waals surface area contributed by atoms with E-state index >= 15 is 0 Å². The van der Waals surface area contributed by atoms with Gasteiger partial charge in [-0.2, -0.15) is 0 Å². The fraction of sp³-hybridized carbons (Fsp3) is 0.240. The van der Waals surface area contributed by atoms with Crippen LogP contribution in [0.15, 0.2) is 79.1 Å². The van der Waals surface area contributed by atoms with Crippen molar-refractivity contribution in [1.29, 1.82) is 0 Å². The molecule has 2 aromatic carbocycles. The number of aromatic nitrogens is 1. The number of amides is 1. The van der Waals surface area contributed by atoms with Crippen molar-refractivity contribution in [1.82, 2.24) is 15.6 Å². The van der Waals surface area contributed by atoms with Crippen molar-refractivity contribution in [3.63, 3.8) is 0 Å². The molecule has 1 heterocycles. The van der Waals surface area contributed by atoms with Crippen molar-refractivity contribution >= 4 is 19.5 Å². The van der Waals surface area contributed by atoms with Gasteiger partial charge in [0.25, 0.3) is 0 Å². The number of nitrogens with zero attached hydrogens (tertiary/aromatic N) is 1. The third-order valence-corrected chi connectivity index (χ3v) is 5.71. The van der Waals surface area contributed by atoms with Gasteiger partial charge >= 0.3 is 13.6 Å². The van der Waals surface area contributed by atoms with Crippen LogP contribution in [0.2, 0.25) is 0 Å². The van der Waals surface area contributed by atoms with Gasteiger partial charge < -0.3 is 19.8 Å². The van der Waals surface area contributed by atoms with Crippen LogP contribution in [0.25, 0.3) is 11.1 Å². The topological polar surface area (TPSA) is 138 Å². The predicted molar refractivity (Wildman–Crippen MR) is 131 cm³/mol. The van der Waals surface area contributed by atoms with E-state index in [1.54, 1.807) is 24.5 Å². The second-order valence-corrected chi connectivity index (χ2v) is 9.56. The van der Waals surface area contributed by atoms with Crippen LogP contribution in [0.3, 0.4) is 0 Å². The van der Waals surface area contributed by atoms with Gasteiger partial charge in [0.05, 0.1) is 18.7 Å². The molecule has 184 valence electrons. The summed E-state index contributed by atoms with van der Waals surface area (Å²) in [4.78, 5) is 47.1. The molecule has 0 bridgehead atoms. The average molecular weight is 497 g/mol. The number of hydrogen-bond donors (Lipinski definition) is 4. The summed E-state index contributed by atoms with van der Waals surface area (Å²) in [5.41, 5.74) is 3.65. The number of hydrogen-bond acceptors (Lipinski definition) is 6. The minimum absolute atomic E-state index is 0.0335. The third kappa shape index (κ3) is 9.42. The van der Waals surface area contributed by atoms with Crippen LogP contribution in [-0.2, 0) is 31.9 Å². The number of carbonyl (C=O) groups is 2. The number of carbonyl (C=O) groups excluding carboxylic acids is 2. The predicted octanol–water partition coefficient (Wildman–Crippen LogP) is 2.63. The number of esters is 1. The highest BCUT2D eigenvalue weighted by atomic mass is 31.2. The van der Waals surface area contributed by atoms with E-state index in [1.807, 2.05) is 54.6 Å². The molecule has 35 heavy (non-hydrogen) atoms. The minimum atomic E-state index is -4.36. The maximum absolute atomic E-state index is 12.7. The molecule has 0 aliphatic carbocycles. The SMILES string of the molecule is O=C(CCNC(=O)C(Cc1ccc(-c2ccccc2)cc1)NCP(=O)(O)O)OCc1cccnc1. The molecule has 0 fully saturated rings. The van der Waals surface area contributed by atoms with E-state index in [0.717, 1.165) is 22.3 Å². The van der Waals surface area contributed by atoms with Crippen LogP contribution in [0.5, 0.6) is 0 Å². The van der Waals surface area contributed by atoms with E-state index in [-0.39, 0.29) is 26.0 Å². The van der Waals surface area contributed by atoms with Gasteiger partial charge in [-0.05, 0) is 29.2 Å². The molecule has 4 N–H and O–H groups in total. The van der Waals surface area contributed by atoms with E-state index in [4.69, 9.17) is 4.74 Å². The molecule has 0 aliphatic heterocycles.